The highest BCUT2D eigenvalue weighted by Crippen LogP contribution is 2.24. The SMILES string of the molecule is CC(C(=O)N1CCCC(CCCl)C1)c1ccccc1. The van der Waals surface area contributed by atoms with E-state index in [4.69, 9.17) is 11.6 Å². The predicted molar refractivity (Wildman–Crippen MR) is 79.5 cm³/mol. The van der Waals surface area contributed by atoms with Gasteiger partial charge in [-0.05, 0) is 37.7 Å². The van der Waals surface area contributed by atoms with Crippen LogP contribution in [0.4, 0.5) is 0 Å². The van der Waals surface area contributed by atoms with Crippen molar-refractivity contribution in [3.8, 4) is 0 Å². The first-order valence-corrected chi connectivity index (χ1v) is 7.65. The molecule has 104 valence electrons. The summed E-state index contributed by atoms with van der Waals surface area (Å²) >= 11 is 5.82. The number of hydrogen-bond donors (Lipinski definition) is 0. The molecule has 1 aliphatic rings. The van der Waals surface area contributed by atoms with Gasteiger partial charge in [-0.1, -0.05) is 30.3 Å². The van der Waals surface area contributed by atoms with E-state index in [-0.39, 0.29) is 11.8 Å². The minimum atomic E-state index is -0.0454. The molecular weight excluding hydrogens is 258 g/mol. The van der Waals surface area contributed by atoms with E-state index in [2.05, 4.69) is 0 Å². The zero-order valence-electron chi connectivity index (χ0n) is 11.5. The van der Waals surface area contributed by atoms with Crippen LogP contribution in [0.2, 0.25) is 0 Å². The Balaban J connectivity index is 1.99. The summed E-state index contributed by atoms with van der Waals surface area (Å²) in [4.78, 5) is 14.6. The van der Waals surface area contributed by atoms with Gasteiger partial charge in [-0.25, -0.2) is 0 Å². The third-order valence-electron chi connectivity index (χ3n) is 4.02. The number of hydrogen-bond acceptors (Lipinski definition) is 1. The standard InChI is InChI=1S/C16H22ClNO/c1-13(15-7-3-2-4-8-15)16(19)18-11-5-6-14(12-18)9-10-17/h2-4,7-8,13-14H,5-6,9-12H2,1H3. The molecule has 19 heavy (non-hydrogen) atoms. The molecule has 1 amide bonds. The van der Waals surface area contributed by atoms with Crippen molar-refractivity contribution < 1.29 is 4.79 Å². The normalized spacial score (nSPS) is 21.2. The van der Waals surface area contributed by atoms with Crippen LogP contribution in [-0.2, 0) is 4.79 Å². The molecule has 2 rings (SSSR count). The van der Waals surface area contributed by atoms with Crippen molar-refractivity contribution in [1.29, 1.82) is 0 Å². The molecule has 0 N–H and O–H groups in total. The lowest BCUT2D eigenvalue weighted by Crippen LogP contribution is -2.42. The van der Waals surface area contributed by atoms with E-state index in [1.54, 1.807) is 0 Å². The Kier molecular flexibility index (Phi) is 5.26. The fourth-order valence-corrected chi connectivity index (χ4v) is 3.12. The number of halogens is 1. The average molecular weight is 280 g/mol. The highest BCUT2D eigenvalue weighted by molar-refractivity contribution is 6.17. The third kappa shape index (κ3) is 3.73. The minimum Gasteiger partial charge on any atom is -0.342 e. The summed E-state index contributed by atoms with van der Waals surface area (Å²) in [6.45, 7) is 3.78. The number of benzene rings is 1. The molecule has 0 bridgehead atoms. The van der Waals surface area contributed by atoms with Gasteiger partial charge in [-0.15, -0.1) is 11.6 Å². The van der Waals surface area contributed by atoms with Gasteiger partial charge in [0.25, 0.3) is 0 Å². The van der Waals surface area contributed by atoms with Crippen molar-refractivity contribution in [3.63, 3.8) is 0 Å². The van der Waals surface area contributed by atoms with Crippen LogP contribution in [0.15, 0.2) is 30.3 Å². The van der Waals surface area contributed by atoms with E-state index < -0.39 is 0 Å². The maximum atomic E-state index is 12.5. The Bertz CT molecular complexity index is 404. The summed E-state index contributed by atoms with van der Waals surface area (Å²) in [5, 5.41) is 0. The molecule has 0 aliphatic carbocycles. The minimum absolute atomic E-state index is 0.0454. The fraction of sp³-hybridized carbons (Fsp3) is 0.562. The number of amides is 1. The van der Waals surface area contributed by atoms with Gasteiger partial charge >= 0.3 is 0 Å². The summed E-state index contributed by atoms with van der Waals surface area (Å²) in [5.74, 6) is 1.49. The largest absolute Gasteiger partial charge is 0.342 e. The van der Waals surface area contributed by atoms with Crippen LogP contribution >= 0.6 is 11.6 Å². The molecule has 0 spiro atoms. The second-order valence-electron chi connectivity index (χ2n) is 5.40. The Labute approximate surface area is 120 Å². The zero-order valence-corrected chi connectivity index (χ0v) is 12.3. The van der Waals surface area contributed by atoms with Gasteiger partial charge in [-0.2, -0.15) is 0 Å². The molecule has 2 nitrogen and oxygen atoms in total. The molecule has 3 heteroatoms. The Hall–Kier alpha value is -1.02. The quantitative estimate of drug-likeness (QED) is 0.771. The highest BCUT2D eigenvalue weighted by Gasteiger charge is 2.26. The molecule has 1 heterocycles. The van der Waals surface area contributed by atoms with E-state index in [9.17, 15) is 4.79 Å². The summed E-state index contributed by atoms with van der Waals surface area (Å²) in [6, 6.07) is 10.0. The molecule has 2 atom stereocenters. The predicted octanol–water partition coefficient (Wildman–Crippen LogP) is 3.66. The molecule has 1 fully saturated rings. The van der Waals surface area contributed by atoms with E-state index >= 15 is 0 Å². The van der Waals surface area contributed by atoms with E-state index in [1.165, 1.54) is 6.42 Å². The smallest absolute Gasteiger partial charge is 0.229 e. The van der Waals surface area contributed by atoms with E-state index in [1.807, 2.05) is 42.2 Å². The van der Waals surface area contributed by atoms with Crippen LogP contribution in [0.5, 0.6) is 0 Å². The van der Waals surface area contributed by atoms with Gasteiger partial charge in [0, 0.05) is 19.0 Å². The maximum Gasteiger partial charge on any atom is 0.229 e. The molecule has 1 aliphatic heterocycles. The van der Waals surface area contributed by atoms with Crippen LogP contribution in [0.25, 0.3) is 0 Å². The van der Waals surface area contributed by atoms with Gasteiger partial charge in [0.15, 0.2) is 0 Å². The highest BCUT2D eigenvalue weighted by atomic mass is 35.5. The molecule has 2 unspecified atom stereocenters. The van der Waals surface area contributed by atoms with Crippen LogP contribution in [0, 0.1) is 5.92 Å². The number of carbonyl (C=O) groups is 1. The first-order chi connectivity index (χ1) is 9.22. The summed E-state index contributed by atoms with van der Waals surface area (Å²) < 4.78 is 0. The topological polar surface area (TPSA) is 20.3 Å². The monoisotopic (exact) mass is 279 g/mol. The lowest BCUT2D eigenvalue weighted by molar-refractivity contribution is -0.134. The van der Waals surface area contributed by atoms with Crippen molar-refractivity contribution in [2.75, 3.05) is 19.0 Å². The van der Waals surface area contributed by atoms with Gasteiger partial charge in [0.1, 0.15) is 0 Å². The molecular formula is C16H22ClNO. The van der Waals surface area contributed by atoms with E-state index in [0.717, 1.165) is 31.5 Å². The first kappa shape index (κ1) is 14.4. The molecule has 1 aromatic carbocycles. The summed E-state index contributed by atoms with van der Waals surface area (Å²) in [6.07, 6.45) is 3.33. The molecule has 0 aromatic heterocycles. The number of nitrogens with zero attached hydrogens (tertiary/aromatic N) is 1. The van der Waals surface area contributed by atoms with Crippen LogP contribution in [0.1, 0.15) is 37.7 Å². The number of likely N-dealkylation sites (tertiary alicyclic amines) is 1. The van der Waals surface area contributed by atoms with Crippen LogP contribution in [0.3, 0.4) is 0 Å². The van der Waals surface area contributed by atoms with Crippen molar-refractivity contribution in [3.05, 3.63) is 35.9 Å². The summed E-state index contributed by atoms with van der Waals surface area (Å²) in [7, 11) is 0. The maximum absolute atomic E-state index is 12.5. The second kappa shape index (κ2) is 6.95. The molecule has 0 saturated carbocycles. The van der Waals surface area contributed by atoms with Gasteiger partial charge in [0.05, 0.1) is 5.92 Å². The zero-order chi connectivity index (χ0) is 13.7. The number of alkyl halides is 1. The molecule has 1 saturated heterocycles. The Morgan fingerprint density at radius 2 is 2.16 bits per heavy atom. The number of carbonyl (C=O) groups excluding carboxylic acids is 1. The van der Waals surface area contributed by atoms with Crippen molar-refractivity contribution >= 4 is 17.5 Å². The van der Waals surface area contributed by atoms with Crippen molar-refractivity contribution in [1.82, 2.24) is 4.90 Å². The van der Waals surface area contributed by atoms with Crippen molar-refractivity contribution in [2.45, 2.75) is 32.1 Å². The summed E-state index contributed by atoms with van der Waals surface area (Å²) in [5.41, 5.74) is 1.10. The Morgan fingerprint density at radius 3 is 2.84 bits per heavy atom. The van der Waals surface area contributed by atoms with Gasteiger partial charge in [0.2, 0.25) is 5.91 Å². The lowest BCUT2D eigenvalue weighted by atomic mass is 9.93. The molecule has 0 radical (unpaired) electrons. The second-order valence-corrected chi connectivity index (χ2v) is 5.78. The number of piperidine rings is 1. The third-order valence-corrected chi connectivity index (χ3v) is 4.24. The first-order valence-electron chi connectivity index (χ1n) is 7.12. The van der Waals surface area contributed by atoms with Crippen molar-refractivity contribution in [2.24, 2.45) is 5.92 Å². The average Bonchev–Trinajstić information content (AvgIpc) is 2.47. The molecule has 1 aromatic rings. The van der Waals surface area contributed by atoms with Crippen LogP contribution < -0.4 is 0 Å². The Morgan fingerprint density at radius 1 is 1.42 bits per heavy atom. The fourth-order valence-electron chi connectivity index (χ4n) is 2.81. The van der Waals surface area contributed by atoms with Gasteiger partial charge in [-0.3, -0.25) is 4.79 Å². The lowest BCUT2D eigenvalue weighted by Gasteiger charge is -2.34. The van der Waals surface area contributed by atoms with Gasteiger partial charge < -0.3 is 4.90 Å². The van der Waals surface area contributed by atoms with E-state index in [0.29, 0.717) is 11.8 Å². The number of rotatable bonds is 4. The van der Waals surface area contributed by atoms with Crippen LogP contribution in [-0.4, -0.2) is 29.8 Å².